The van der Waals surface area contributed by atoms with Gasteiger partial charge in [0.2, 0.25) is 23.6 Å². The van der Waals surface area contributed by atoms with Gasteiger partial charge in [0.15, 0.2) is 0 Å². The second-order valence-electron chi connectivity index (χ2n) is 7.83. The maximum absolute atomic E-state index is 12.5. The van der Waals surface area contributed by atoms with E-state index >= 15 is 0 Å². The molecule has 9 heteroatoms. The summed E-state index contributed by atoms with van der Waals surface area (Å²) in [7, 11) is 0. The summed E-state index contributed by atoms with van der Waals surface area (Å²) >= 11 is 0. The van der Waals surface area contributed by atoms with E-state index in [1.807, 2.05) is 44.2 Å². The van der Waals surface area contributed by atoms with Gasteiger partial charge in [-0.25, -0.2) is 0 Å². The summed E-state index contributed by atoms with van der Waals surface area (Å²) in [5, 5.41) is 10.1. The average Bonchev–Trinajstić information content (AvgIpc) is 2.70. The summed E-state index contributed by atoms with van der Waals surface area (Å²) in [6.45, 7) is 6.31. The number of rotatable bonds is 12. The molecule has 0 heterocycles. The summed E-state index contributed by atoms with van der Waals surface area (Å²) in [5.74, 6) is -1.70. The smallest absolute Gasteiger partial charge is 0.243 e. The van der Waals surface area contributed by atoms with Crippen LogP contribution in [0, 0.1) is 5.92 Å². The number of carbonyl (C=O) groups excluding carboxylic acids is 5. The maximum Gasteiger partial charge on any atom is 0.243 e. The Labute approximate surface area is 182 Å². The average molecular weight is 433 g/mol. The Morgan fingerprint density at radius 2 is 1.58 bits per heavy atom. The number of nitrogens with one attached hydrogen (secondary N) is 4. The minimum Gasteiger partial charge on any atom is -0.345 e. The molecule has 170 valence electrons. The van der Waals surface area contributed by atoms with E-state index in [1.54, 1.807) is 0 Å². The normalized spacial score (nSPS) is 13.5. The van der Waals surface area contributed by atoms with Crippen molar-refractivity contribution in [3.8, 4) is 0 Å². The molecule has 4 amide bonds. The van der Waals surface area contributed by atoms with Gasteiger partial charge < -0.3 is 26.1 Å². The van der Waals surface area contributed by atoms with Crippen LogP contribution in [0.3, 0.4) is 0 Å². The first-order chi connectivity index (χ1) is 14.6. The highest BCUT2D eigenvalue weighted by Gasteiger charge is 2.22. The molecule has 1 aromatic carbocycles. The van der Waals surface area contributed by atoms with Crippen molar-refractivity contribution < 1.29 is 24.0 Å². The molecule has 9 nitrogen and oxygen atoms in total. The Balaban J connectivity index is 2.55. The molecule has 0 bridgehead atoms. The molecule has 0 saturated heterocycles. The molecule has 0 radical (unpaired) electrons. The van der Waals surface area contributed by atoms with Gasteiger partial charge >= 0.3 is 0 Å². The lowest BCUT2D eigenvalue weighted by Crippen LogP contribution is -2.52. The molecule has 0 spiro atoms. The molecule has 4 N–H and O–H groups in total. The van der Waals surface area contributed by atoms with Crippen LogP contribution in [0.2, 0.25) is 0 Å². The van der Waals surface area contributed by atoms with E-state index in [0.29, 0.717) is 12.7 Å². The molecule has 0 fully saturated rings. The number of aldehydes is 1. The van der Waals surface area contributed by atoms with Gasteiger partial charge in [-0.2, -0.15) is 0 Å². The van der Waals surface area contributed by atoms with Crippen LogP contribution in [0.25, 0.3) is 0 Å². The van der Waals surface area contributed by atoms with Crippen LogP contribution in [0.4, 0.5) is 0 Å². The first-order valence-corrected chi connectivity index (χ1v) is 10.3. The molecule has 0 aliphatic heterocycles. The number of hydrogen-bond acceptors (Lipinski definition) is 5. The van der Waals surface area contributed by atoms with Crippen LogP contribution in [0.1, 0.15) is 39.7 Å². The van der Waals surface area contributed by atoms with E-state index in [4.69, 9.17) is 0 Å². The number of carbonyl (C=O) groups is 5. The Morgan fingerprint density at radius 1 is 0.935 bits per heavy atom. The van der Waals surface area contributed by atoms with E-state index in [1.165, 1.54) is 13.8 Å². The SMILES string of the molecule is CC(=O)N[C@@H](Cc1ccccc1)C(=O)NCC(=O)N[C@@H](C)C(=O)N[C@H](C=O)CC(C)C. The second kappa shape index (κ2) is 13.1. The lowest BCUT2D eigenvalue weighted by Gasteiger charge is -2.20. The van der Waals surface area contributed by atoms with Crippen molar-refractivity contribution in [2.24, 2.45) is 5.92 Å². The highest BCUT2D eigenvalue weighted by Crippen LogP contribution is 2.04. The fraction of sp³-hybridized carbons (Fsp3) is 0.500. The van der Waals surface area contributed by atoms with E-state index < -0.39 is 35.8 Å². The Bertz CT molecular complexity index is 766. The fourth-order valence-corrected chi connectivity index (χ4v) is 2.92. The van der Waals surface area contributed by atoms with Crippen LogP contribution >= 0.6 is 0 Å². The van der Waals surface area contributed by atoms with Gasteiger partial charge in [-0.3, -0.25) is 19.2 Å². The molecular weight excluding hydrogens is 400 g/mol. The highest BCUT2D eigenvalue weighted by atomic mass is 16.2. The zero-order valence-corrected chi connectivity index (χ0v) is 18.4. The molecule has 1 rings (SSSR count). The third-order valence-corrected chi connectivity index (χ3v) is 4.39. The Morgan fingerprint density at radius 3 is 2.13 bits per heavy atom. The van der Waals surface area contributed by atoms with Gasteiger partial charge in [0.05, 0.1) is 12.6 Å². The number of benzene rings is 1. The van der Waals surface area contributed by atoms with E-state index in [2.05, 4.69) is 21.3 Å². The van der Waals surface area contributed by atoms with E-state index in [9.17, 15) is 24.0 Å². The lowest BCUT2D eigenvalue weighted by molar-refractivity contribution is -0.131. The summed E-state index contributed by atoms with van der Waals surface area (Å²) < 4.78 is 0. The van der Waals surface area contributed by atoms with Crippen molar-refractivity contribution >= 4 is 29.9 Å². The van der Waals surface area contributed by atoms with Gasteiger partial charge in [-0.05, 0) is 24.8 Å². The zero-order chi connectivity index (χ0) is 23.4. The fourth-order valence-electron chi connectivity index (χ4n) is 2.92. The van der Waals surface area contributed by atoms with Gasteiger partial charge in [0, 0.05) is 13.3 Å². The van der Waals surface area contributed by atoms with Crippen LogP contribution in [-0.2, 0) is 30.4 Å². The highest BCUT2D eigenvalue weighted by molar-refractivity contribution is 5.92. The van der Waals surface area contributed by atoms with Crippen LogP contribution < -0.4 is 21.3 Å². The van der Waals surface area contributed by atoms with Crippen molar-refractivity contribution in [2.75, 3.05) is 6.54 Å². The van der Waals surface area contributed by atoms with Crippen molar-refractivity contribution in [1.29, 1.82) is 0 Å². The molecule has 31 heavy (non-hydrogen) atoms. The first-order valence-electron chi connectivity index (χ1n) is 10.3. The molecule has 1 aromatic rings. The van der Waals surface area contributed by atoms with Crippen LogP contribution in [-0.4, -0.2) is 54.6 Å². The molecule has 0 unspecified atom stereocenters. The molecular formula is C22H32N4O5. The zero-order valence-electron chi connectivity index (χ0n) is 18.4. The monoisotopic (exact) mass is 432 g/mol. The molecule has 0 aliphatic carbocycles. The minimum atomic E-state index is -0.880. The van der Waals surface area contributed by atoms with Gasteiger partial charge in [0.25, 0.3) is 0 Å². The third-order valence-electron chi connectivity index (χ3n) is 4.39. The van der Waals surface area contributed by atoms with Gasteiger partial charge in [0.1, 0.15) is 18.4 Å². The van der Waals surface area contributed by atoms with Gasteiger partial charge in [-0.1, -0.05) is 44.2 Å². The van der Waals surface area contributed by atoms with Crippen molar-refractivity contribution in [2.45, 2.75) is 58.7 Å². The van der Waals surface area contributed by atoms with Gasteiger partial charge in [-0.15, -0.1) is 0 Å². The lowest BCUT2D eigenvalue weighted by atomic mass is 10.0. The largest absolute Gasteiger partial charge is 0.345 e. The third kappa shape index (κ3) is 10.4. The first kappa shape index (κ1) is 25.8. The van der Waals surface area contributed by atoms with Crippen molar-refractivity contribution in [3.63, 3.8) is 0 Å². The molecule has 3 atom stereocenters. The van der Waals surface area contributed by atoms with Crippen molar-refractivity contribution in [1.82, 2.24) is 21.3 Å². The predicted molar refractivity (Wildman–Crippen MR) is 116 cm³/mol. The second-order valence-corrected chi connectivity index (χ2v) is 7.83. The Kier molecular flexibility index (Phi) is 10.9. The van der Waals surface area contributed by atoms with Crippen LogP contribution in [0.5, 0.6) is 0 Å². The summed E-state index contributed by atoms with van der Waals surface area (Å²) in [6, 6.07) is 6.83. The molecule has 0 aliphatic rings. The molecule has 0 saturated carbocycles. The van der Waals surface area contributed by atoms with Crippen LogP contribution in [0.15, 0.2) is 30.3 Å². The standard InChI is InChI=1S/C22H32N4O5/c1-14(2)10-18(13-27)26-21(30)15(3)24-20(29)12-23-22(31)19(25-16(4)28)11-17-8-6-5-7-9-17/h5-9,13-15,18-19H,10-12H2,1-4H3,(H,23,31)(H,24,29)(H,25,28)(H,26,30)/t15-,18-,19-/m0/s1. The summed E-state index contributed by atoms with van der Waals surface area (Å²) in [6.07, 6.45) is 1.44. The van der Waals surface area contributed by atoms with E-state index in [0.717, 1.165) is 5.56 Å². The minimum absolute atomic E-state index is 0.225. The number of hydrogen-bond donors (Lipinski definition) is 4. The summed E-state index contributed by atoms with van der Waals surface area (Å²) in [5.41, 5.74) is 0.859. The number of amides is 4. The van der Waals surface area contributed by atoms with Crippen molar-refractivity contribution in [3.05, 3.63) is 35.9 Å². The molecule has 0 aromatic heterocycles. The maximum atomic E-state index is 12.5. The Hall–Kier alpha value is -3.23. The summed E-state index contributed by atoms with van der Waals surface area (Å²) in [4.78, 5) is 59.3. The van der Waals surface area contributed by atoms with E-state index in [-0.39, 0.29) is 24.8 Å². The topological polar surface area (TPSA) is 133 Å². The quantitative estimate of drug-likeness (QED) is 0.347. The predicted octanol–water partition coefficient (Wildman–Crippen LogP) is 0.0845.